The highest BCUT2D eigenvalue weighted by Gasteiger charge is 2.40. The molecule has 1 aromatic carbocycles. The van der Waals surface area contributed by atoms with E-state index in [1.54, 1.807) is 0 Å². The first-order valence-electron chi connectivity index (χ1n) is 6.93. The smallest absolute Gasteiger partial charge is 0.418 e. The highest BCUT2D eigenvalue weighted by atomic mass is 79.9. The Morgan fingerprint density at radius 1 is 1.15 bits per heavy atom. The van der Waals surface area contributed by atoms with E-state index in [1.165, 1.54) is 6.07 Å². The van der Waals surface area contributed by atoms with Gasteiger partial charge in [-0.3, -0.25) is 0 Å². The van der Waals surface area contributed by atoms with Crippen LogP contribution in [0.3, 0.4) is 0 Å². The molecule has 0 aromatic heterocycles. The first kappa shape index (κ1) is 20.7. The molecule has 1 aromatic rings. The van der Waals surface area contributed by atoms with Gasteiger partial charge in [-0.2, -0.15) is 13.2 Å². The number of anilines is 1. The van der Waals surface area contributed by atoms with Crippen molar-refractivity contribution < 1.29 is 37.0 Å². The fourth-order valence-corrected chi connectivity index (χ4v) is 3.82. The molecule has 6 nitrogen and oxygen atoms in total. The number of carbonyl (C=O) groups is 2. The van der Waals surface area contributed by atoms with Crippen molar-refractivity contribution in [1.82, 2.24) is 0 Å². The van der Waals surface area contributed by atoms with Crippen LogP contribution in [0.1, 0.15) is 5.56 Å². The van der Waals surface area contributed by atoms with Crippen LogP contribution in [-0.2, 0) is 30.0 Å². The van der Waals surface area contributed by atoms with Crippen molar-refractivity contribution in [3.63, 3.8) is 0 Å². The van der Waals surface area contributed by atoms with Gasteiger partial charge in [0.1, 0.15) is 12.4 Å². The van der Waals surface area contributed by atoms with Crippen LogP contribution in [0.5, 0.6) is 0 Å². The molecule has 1 aliphatic rings. The van der Waals surface area contributed by atoms with Gasteiger partial charge in [0.05, 0.1) is 37.7 Å². The lowest BCUT2D eigenvalue weighted by molar-refractivity contribution is -0.141. The van der Waals surface area contributed by atoms with E-state index in [0.717, 1.165) is 25.2 Å². The van der Waals surface area contributed by atoms with E-state index in [0.29, 0.717) is 0 Å². The lowest BCUT2D eigenvalue weighted by Gasteiger charge is -2.33. The summed E-state index contributed by atoms with van der Waals surface area (Å²) in [5.41, 5.74) is -2.04. The molecule has 0 saturated carbocycles. The zero-order chi connectivity index (χ0) is 19.6. The second-order valence-electron chi connectivity index (χ2n) is 5.00. The maximum absolute atomic E-state index is 13.6. The molecule has 0 radical (unpaired) electrons. The lowest BCUT2D eigenvalue weighted by atomic mass is 10.1. The molecule has 0 saturated heterocycles. The Labute approximate surface area is 163 Å². The maximum Gasteiger partial charge on any atom is 0.418 e. The second-order valence-corrected chi connectivity index (χ2v) is 6.77. The van der Waals surface area contributed by atoms with Gasteiger partial charge < -0.3 is 19.1 Å². The van der Waals surface area contributed by atoms with Crippen LogP contribution in [0, 0.1) is 0 Å². The van der Waals surface area contributed by atoms with Crippen LogP contribution in [0.15, 0.2) is 32.3 Å². The summed E-state index contributed by atoms with van der Waals surface area (Å²) in [5.74, 6) is -1.89. The van der Waals surface area contributed by atoms with Crippen LogP contribution >= 0.6 is 31.9 Å². The molecule has 11 heteroatoms. The van der Waals surface area contributed by atoms with Crippen LogP contribution in [-0.4, -0.2) is 39.5 Å². The van der Waals surface area contributed by atoms with Crippen molar-refractivity contribution in [2.75, 3.05) is 32.5 Å². The van der Waals surface area contributed by atoms with Gasteiger partial charge in [-0.25, -0.2) is 9.59 Å². The Balaban J connectivity index is 2.77. The number of carbonyl (C=O) groups excluding carboxylic acids is 2. The number of hydrogen-bond donors (Lipinski definition) is 0. The Bertz CT molecular complexity index is 779. The largest absolute Gasteiger partial charge is 0.466 e. The third-order valence-corrected chi connectivity index (χ3v) is 4.50. The van der Waals surface area contributed by atoms with Gasteiger partial charge in [-0.1, -0.05) is 15.9 Å². The monoisotopic (exact) mass is 501 g/mol. The number of esters is 2. The fraction of sp³-hybridized carbons (Fsp3) is 0.333. The van der Waals surface area contributed by atoms with Crippen molar-refractivity contribution in [1.29, 1.82) is 0 Å². The molecule has 0 aliphatic carbocycles. The van der Waals surface area contributed by atoms with E-state index in [1.807, 2.05) is 0 Å². The van der Waals surface area contributed by atoms with Gasteiger partial charge in [-0.05, 0) is 28.1 Å². The number of benzene rings is 1. The SMILES string of the molecule is COC(=O)C1=C(C(=O)OC)N(c2c(Br)cc(Br)cc2C(F)(F)F)COC1. The molecule has 0 spiro atoms. The first-order chi connectivity index (χ1) is 12.1. The minimum absolute atomic E-state index is 0.0373. The number of halogens is 5. The van der Waals surface area contributed by atoms with E-state index in [4.69, 9.17) is 4.74 Å². The molecule has 1 aliphatic heterocycles. The first-order valence-corrected chi connectivity index (χ1v) is 8.51. The number of ether oxygens (including phenoxy) is 3. The normalized spacial score (nSPS) is 15.1. The molecule has 142 valence electrons. The van der Waals surface area contributed by atoms with Crippen molar-refractivity contribution in [3.8, 4) is 0 Å². The summed E-state index contributed by atoms with van der Waals surface area (Å²) >= 11 is 6.09. The number of hydrogen-bond acceptors (Lipinski definition) is 6. The van der Waals surface area contributed by atoms with E-state index in [2.05, 4.69) is 41.3 Å². The molecule has 0 atom stereocenters. The summed E-state index contributed by atoms with van der Waals surface area (Å²) in [5, 5.41) is 0. The van der Waals surface area contributed by atoms with E-state index >= 15 is 0 Å². The van der Waals surface area contributed by atoms with Gasteiger partial charge in [0.15, 0.2) is 0 Å². The number of rotatable bonds is 3. The molecule has 2 rings (SSSR count). The van der Waals surface area contributed by atoms with Gasteiger partial charge in [0.2, 0.25) is 0 Å². The summed E-state index contributed by atoms with van der Waals surface area (Å²) in [6, 6.07) is 2.24. The molecular weight excluding hydrogens is 491 g/mol. The minimum Gasteiger partial charge on any atom is -0.466 e. The Morgan fingerprint density at radius 2 is 1.77 bits per heavy atom. The lowest BCUT2D eigenvalue weighted by Crippen LogP contribution is -2.40. The molecule has 0 amide bonds. The number of methoxy groups -OCH3 is 2. The minimum atomic E-state index is -4.73. The zero-order valence-electron chi connectivity index (χ0n) is 13.4. The van der Waals surface area contributed by atoms with Gasteiger partial charge >= 0.3 is 18.1 Å². The van der Waals surface area contributed by atoms with Crippen molar-refractivity contribution in [2.24, 2.45) is 0 Å². The third kappa shape index (κ3) is 4.04. The van der Waals surface area contributed by atoms with E-state index in [-0.39, 0.29) is 32.5 Å². The fourth-order valence-electron chi connectivity index (χ4n) is 2.38. The summed E-state index contributed by atoms with van der Waals surface area (Å²) in [7, 11) is 2.14. The van der Waals surface area contributed by atoms with E-state index in [9.17, 15) is 22.8 Å². The highest BCUT2D eigenvalue weighted by Crippen LogP contribution is 2.44. The summed E-state index contributed by atoms with van der Waals surface area (Å²) in [6.07, 6.45) is -4.73. The van der Waals surface area contributed by atoms with Crippen LogP contribution in [0.4, 0.5) is 18.9 Å². The maximum atomic E-state index is 13.6. The van der Waals surface area contributed by atoms with Crippen LogP contribution in [0.25, 0.3) is 0 Å². The average Bonchev–Trinajstić information content (AvgIpc) is 2.58. The molecule has 0 bridgehead atoms. The highest BCUT2D eigenvalue weighted by molar-refractivity contribution is 9.11. The van der Waals surface area contributed by atoms with Gasteiger partial charge in [-0.15, -0.1) is 0 Å². The Hall–Kier alpha value is -1.59. The summed E-state index contributed by atoms with van der Waals surface area (Å²) in [4.78, 5) is 25.1. The van der Waals surface area contributed by atoms with Crippen molar-refractivity contribution in [3.05, 3.63) is 37.9 Å². The Morgan fingerprint density at radius 3 is 2.31 bits per heavy atom. The summed E-state index contributed by atoms with van der Waals surface area (Å²) in [6.45, 7) is -0.697. The third-order valence-electron chi connectivity index (χ3n) is 3.44. The molecule has 0 unspecified atom stereocenters. The average molecular weight is 503 g/mol. The van der Waals surface area contributed by atoms with Crippen molar-refractivity contribution >= 4 is 49.5 Å². The predicted octanol–water partition coefficient (Wildman–Crippen LogP) is 3.62. The van der Waals surface area contributed by atoms with Gasteiger partial charge in [0.25, 0.3) is 0 Å². The van der Waals surface area contributed by atoms with Crippen LogP contribution < -0.4 is 4.90 Å². The quantitative estimate of drug-likeness (QED) is 0.588. The van der Waals surface area contributed by atoms with Gasteiger partial charge in [0, 0.05) is 8.95 Å². The number of alkyl halides is 3. The van der Waals surface area contributed by atoms with E-state index < -0.39 is 30.4 Å². The summed E-state index contributed by atoms with van der Waals surface area (Å²) < 4.78 is 55.4. The number of nitrogens with zero attached hydrogens (tertiary/aromatic N) is 1. The zero-order valence-corrected chi connectivity index (χ0v) is 16.6. The van der Waals surface area contributed by atoms with Crippen molar-refractivity contribution in [2.45, 2.75) is 6.18 Å². The predicted molar refractivity (Wildman–Crippen MR) is 91.2 cm³/mol. The molecule has 0 N–H and O–H groups in total. The molecular formula is C15H12Br2F3NO5. The van der Waals surface area contributed by atoms with Crippen LogP contribution in [0.2, 0.25) is 0 Å². The topological polar surface area (TPSA) is 65.1 Å². The molecule has 1 heterocycles. The molecule has 26 heavy (non-hydrogen) atoms. The molecule has 0 fully saturated rings. The Kier molecular flexibility index (Phi) is 6.35. The second kappa shape index (κ2) is 7.97. The standard InChI is InChI=1S/C15H12Br2F3NO5/c1-24-13(22)8-5-26-6-21(11(8)14(23)25-2)12-9(15(18,19)20)3-7(16)4-10(12)17/h3-4H,5-6H2,1-2H3.